The van der Waals surface area contributed by atoms with E-state index in [1.54, 1.807) is 23.6 Å². The Hall–Kier alpha value is -3.00. The first kappa shape index (κ1) is 19.3. The molecule has 0 saturated heterocycles. The lowest BCUT2D eigenvalue weighted by molar-refractivity contribution is -0.121. The molecule has 1 aliphatic rings. The Morgan fingerprint density at radius 2 is 1.97 bits per heavy atom. The Bertz CT molecular complexity index is 1000. The van der Waals surface area contributed by atoms with Crippen molar-refractivity contribution in [3.8, 4) is 5.75 Å². The number of fused-ring (bicyclic) bond motifs is 1. The van der Waals surface area contributed by atoms with Gasteiger partial charge in [-0.05, 0) is 43.0 Å². The summed E-state index contributed by atoms with van der Waals surface area (Å²) in [6.45, 7) is 1.99. The molecule has 3 atom stereocenters. The smallest absolute Gasteiger partial charge is 0.232 e. The molecule has 4 rings (SSSR count). The quantitative estimate of drug-likeness (QED) is 0.626. The van der Waals surface area contributed by atoms with E-state index in [-0.39, 0.29) is 18.0 Å². The maximum absolute atomic E-state index is 13.4. The molecular formula is C21H23N5O2S. The highest BCUT2D eigenvalue weighted by Gasteiger charge is 2.41. The summed E-state index contributed by atoms with van der Waals surface area (Å²) in [4.78, 5) is 18.9. The fourth-order valence-corrected chi connectivity index (χ4v) is 4.17. The number of methoxy groups -OCH3 is 1. The van der Waals surface area contributed by atoms with Crippen molar-refractivity contribution in [2.45, 2.75) is 23.9 Å². The molecule has 3 aromatic rings. The van der Waals surface area contributed by atoms with E-state index in [0.717, 1.165) is 5.56 Å². The van der Waals surface area contributed by atoms with Gasteiger partial charge in [0.1, 0.15) is 12.1 Å². The van der Waals surface area contributed by atoms with Gasteiger partial charge in [0, 0.05) is 10.9 Å². The van der Waals surface area contributed by atoms with Crippen LogP contribution in [-0.4, -0.2) is 40.1 Å². The number of carbonyl (C=O) groups is 1. The predicted octanol–water partition coefficient (Wildman–Crippen LogP) is 3.67. The number of nitrogens with one attached hydrogen (secondary N) is 2. The molecule has 0 bridgehead atoms. The summed E-state index contributed by atoms with van der Waals surface area (Å²) < 4.78 is 7.17. The van der Waals surface area contributed by atoms with E-state index in [1.165, 1.54) is 11.2 Å². The Morgan fingerprint density at radius 3 is 2.69 bits per heavy atom. The molecule has 8 heteroatoms. The van der Waals surface area contributed by atoms with Crippen LogP contribution in [0.2, 0.25) is 0 Å². The molecule has 7 nitrogen and oxygen atoms in total. The third-order valence-electron chi connectivity index (χ3n) is 5.20. The van der Waals surface area contributed by atoms with E-state index in [1.807, 2.05) is 37.4 Å². The number of benzene rings is 2. The van der Waals surface area contributed by atoms with Gasteiger partial charge >= 0.3 is 0 Å². The first-order valence-electron chi connectivity index (χ1n) is 9.36. The van der Waals surface area contributed by atoms with Crippen molar-refractivity contribution in [2.24, 2.45) is 5.92 Å². The summed E-state index contributed by atoms with van der Waals surface area (Å²) in [5.41, 5.74) is 1.66. The standard InChI is InChI=1S/C21H23N5O2S/c1-13-18(20(27)25-16-6-4-5-7-17(16)28-2)19(26-21(24-13)22-12-23-26)14-8-10-15(29-3)11-9-14/h4-13,18-19H,1-3H3,(H,25,27)(H,22,23,24)/t13-,18+,19+/m1/s1. The van der Waals surface area contributed by atoms with E-state index in [4.69, 9.17) is 4.74 Å². The van der Waals surface area contributed by atoms with Crippen molar-refractivity contribution in [2.75, 3.05) is 24.0 Å². The zero-order chi connectivity index (χ0) is 20.4. The number of nitrogens with zero attached hydrogens (tertiary/aromatic N) is 3. The molecule has 2 N–H and O–H groups in total. The minimum absolute atomic E-state index is 0.102. The second-order valence-corrected chi connectivity index (χ2v) is 7.77. The topological polar surface area (TPSA) is 81.1 Å². The van der Waals surface area contributed by atoms with E-state index < -0.39 is 5.92 Å². The highest BCUT2D eigenvalue weighted by atomic mass is 32.2. The number of aromatic nitrogens is 3. The van der Waals surface area contributed by atoms with Gasteiger partial charge in [-0.1, -0.05) is 24.3 Å². The van der Waals surface area contributed by atoms with E-state index >= 15 is 0 Å². The predicted molar refractivity (Wildman–Crippen MR) is 115 cm³/mol. The van der Waals surface area contributed by atoms with Gasteiger partial charge in [0.2, 0.25) is 11.9 Å². The number of hydrogen-bond donors (Lipinski definition) is 2. The number of carbonyl (C=O) groups excluding carboxylic acids is 1. The summed E-state index contributed by atoms with van der Waals surface area (Å²) in [6, 6.07) is 15.3. The average molecular weight is 410 g/mol. The first-order chi connectivity index (χ1) is 14.1. The fraction of sp³-hybridized carbons (Fsp3) is 0.286. The molecule has 1 aliphatic heterocycles. The Kier molecular flexibility index (Phi) is 5.44. The molecule has 0 unspecified atom stereocenters. The van der Waals surface area contributed by atoms with Crippen LogP contribution < -0.4 is 15.4 Å². The van der Waals surface area contributed by atoms with Crippen molar-refractivity contribution in [3.05, 3.63) is 60.4 Å². The SMILES string of the molecule is COc1ccccc1NC(=O)[C@H]1[C@@H](C)Nc2ncnn2[C@H]1c1ccc(SC)cc1. The van der Waals surface area contributed by atoms with Gasteiger partial charge in [0.25, 0.3) is 0 Å². The van der Waals surface area contributed by atoms with Gasteiger partial charge in [0.15, 0.2) is 0 Å². The van der Waals surface area contributed by atoms with E-state index in [9.17, 15) is 4.79 Å². The number of rotatable bonds is 5. The maximum atomic E-state index is 13.4. The molecule has 0 aliphatic carbocycles. The Balaban J connectivity index is 1.71. The minimum Gasteiger partial charge on any atom is -0.495 e. The number of hydrogen-bond acceptors (Lipinski definition) is 6. The average Bonchev–Trinajstić information content (AvgIpc) is 3.21. The molecule has 1 amide bonds. The molecule has 150 valence electrons. The molecule has 0 saturated carbocycles. The molecule has 0 spiro atoms. The Labute approximate surface area is 173 Å². The second-order valence-electron chi connectivity index (χ2n) is 6.89. The summed E-state index contributed by atoms with van der Waals surface area (Å²) in [6.07, 6.45) is 3.56. The van der Waals surface area contributed by atoms with Crippen molar-refractivity contribution in [1.29, 1.82) is 0 Å². The van der Waals surface area contributed by atoms with Gasteiger partial charge in [-0.25, -0.2) is 4.68 Å². The molecule has 0 fully saturated rings. The lowest BCUT2D eigenvalue weighted by Crippen LogP contribution is -2.46. The Morgan fingerprint density at radius 1 is 1.21 bits per heavy atom. The number of ether oxygens (including phenoxy) is 1. The fourth-order valence-electron chi connectivity index (χ4n) is 3.76. The van der Waals surface area contributed by atoms with Gasteiger partial charge in [0.05, 0.1) is 24.8 Å². The van der Waals surface area contributed by atoms with Gasteiger partial charge in [-0.2, -0.15) is 10.1 Å². The summed E-state index contributed by atoms with van der Waals surface area (Å²) in [7, 11) is 1.59. The van der Waals surface area contributed by atoms with Gasteiger partial charge in [-0.15, -0.1) is 11.8 Å². The third kappa shape index (κ3) is 3.67. The first-order valence-corrected chi connectivity index (χ1v) is 10.6. The molecule has 2 heterocycles. The number of amides is 1. The maximum Gasteiger partial charge on any atom is 0.232 e. The van der Waals surface area contributed by atoms with Crippen molar-refractivity contribution < 1.29 is 9.53 Å². The monoisotopic (exact) mass is 409 g/mol. The van der Waals surface area contributed by atoms with E-state index in [2.05, 4.69) is 45.0 Å². The molecule has 2 aromatic carbocycles. The van der Waals surface area contributed by atoms with Crippen LogP contribution in [0.1, 0.15) is 18.5 Å². The van der Waals surface area contributed by atoms with Crippen LogP contribution in [0.3, 0.4) is 0 Å². The van der Waals surface area contributed by atoms with E-state index in [0.29, 0.717) is 17.4 Å². The minimum atomic E-state index is -0.394. The second kappa shape index (κ2) is 8.16. The van der Waals surface area contributed by atoms with Crippen molar-refractivity contribution in [3.63, 3.8) is 0 Å². The number of thioether (sulfide) groups is 1. The van der Waals surface area contributed by atoms with Crippen LogP contribution in [0, 0.1) is 5.92 Å². The summed E-state index contributed by atoms with van der Waals surface area (Å²) in [5, 5.41) is 10.7. The zero-order valence-corrected chi connectivity index (χ0v) is 17.3. The van der Waals surface area contributed by atoms with Gasteiger partial charge in [-0.3, -0.25) is 4.79 Å². The van der Waals surface area contributed by atoms with Crippen LogP contribution in [0.25, 0.3) is 0 Å². The normalized spacial score (nSPS) is 20.4. The van der Waals surface area contributed by atoms with Crippen LogP contribution in [0.15, 0.2) is 59.8 Å². The highest BCUT2D eigenvalue weighted by Crippen LogP contribution is 2.37. The van der Waals surface area contributed by atoms with Crippen molar-refractivity contribution >= 4 is 29.3 Å². The molecular weight excluding hydrogens is 386 g/mol. The van der Waals surface area contributed by atoms with Crippen molar-refractivity contribution in [1.82, 2.24) is 14.8 Å². The van der Waals surface area contributed by atoms with Crippen LogP contribution in [-0.2, 0) is 4.79 Å². The number of para-hydroxylation sites is 2. The number of anilines is 2. The van der Waals surface area contributed by atoms with Crippen LogP contribution in [0.5, 0.6) is 5.75 Å². The molecule has 1 aromatic heterocycles. The lowest BCUT2D eigenvalue weighted by atomic mass is 9.85. The van der Waals surface area contributed by atoms with Crippen LogP contribution >= 0.6 is 11.8 Å². The highest BCUT2D eigenvalue weighted by molar-refractivity contribution is 7.98. The largest absolute Gasteiger partial charge is 0.495 e. The molecule has 29 heavy (non-hydrogen) atoms. The lowest BCUT2D eigenvalue weighted by Gasteiger charge is -2.37. The van der Waals surface area contributed by atoms with Gasteiger partial charge < -0.3 is 15.4 Å². The summed E-state index contributed by atoms with van der Waals surface area (Å²) >= 11 is 1.68. The zero-order valence-electron chi connectivity index (χ0n) is 16.5. The van der Waals surface area contributed by atoms with Crippen LogP contribution in [0.4, 0.5) is 11.6 Å². The third-order valence-corrected chi connectivity index (χ3v) is 5.94. The summed E-state index contributed by atoms with van der Waals surface area (Å²) in [5.74, 6) is 0.793. The molecule has 0 radical (unpaired) electrons.